The van der Waals surface area contributed by atoms with Gasteiger partial charge < -0.3 is 14.2 Å². The van der Waals surface area contributed by atoms with E-state index in [-0.39, 0.29) is 35.7 Å². The summed E-state index contributed by atoms with van der Waals surface area (Å²) in [5.41, 5.74) is 1.98. The number of hydrogen-bond acceptors (Lipinski definition) is 3. The number of methoxy groups -OCH3 is 2. The van der Waals surface area contributed by atoms with Crippen molar-refractivity contribution >= 4 is 0 Å². The topological polar surface area (TPSA) is 27.7 Å². The summed E-state index contributed by atoms with van der Waals surface area (Å²) in [4.78, 5) is 0. The number of allylic oxidation sites excluding steroid dienone is 2. The maximum Gasteiger partial charge on any atom is 0.168 e. The average Bonchev–Trinajstić information content (AvgIpc) is 2.84. The van der Waals surface area contributed by atoms with Crippen molar-refractivity contribution in [2.75, 3.05) is 14.2 Å². The van der Waals surface area contributed by atoms with Crippen molar-refractivity contribution in [3.05, 3.63) is 95.7 Å². The molecule has 176 valence electrons. The van der Waals surface area contributed by atoms with Gasteiger partial charge in [-0.15, -0.1) is 0 Å². The van der Waals surface area contributed by atoms with E-state index >= 15 is 0 Å². The third-order valence-corrected chi connectivity index (χ3v) is 6.05. The Kier molecular flexibility index (Phi) is 8.39. The van der Waals surface area contributed by atoms with E-state index in [1.54, 1.807) is 43.5 Å². The molecule has 0 spiro atoms. The summed E-state index contributed by atoms with van der Waals surface area (Å²) < 4.78 is 59.0. The summed E-state index contributed by atoms with van der Waals surface area (Å²) in [6, 6.07) is 10.2. The molecule has 0 aromatic heterocycles. The number of hydrogen-bond donors (Lipinski definition) is 0. The molecule has 0 N–H and O–H groups in total. The van der Waals surface area contributed by atoms with Gasteiger partial charge in [0.1, 0.15) is 18.1 Å². The molecule has 1 saturated carbocycles. The van der Waals surface area contributed by atoms with Crippen LogP contribution in [0.25, 0.3) is 11.1 Å². The maximum absolute atomic E-state index is 14.9. The van der Waals surface area contributed by atoms with Gasteiger partial charge in [0.05, 0.1) is 13.2 Å². The molecule has 0 atom stereocenters. The van der Waals surface area contributed by atoms with E-state index in [9.17, 15) is 13.2 Å². The van der Waals surface area contributed by atoms with Crippen molar-refractivity contribution in [3.63, 3.8) is 0 Å². The fourth-order valence-corrected chi connectivity index (χ4v) is 4.03. The molecule has 1 fully saturated rings. The Morgan fingerprint density at radius 1 is 0.970 bits per heavy atom. The fraction of sp³-hybridized carbons (Fsp3) is 0.333. The molecule has 0 bridgehead atoms. The van der Waals surface area contributed by atoms with Crippen LogP contribution < -0.4 is 0 Å². The van der Waals surface area contributed by atoms with Gasteiger partial charge in [-0.25, -0.2) is 13.2 Å². The minimum Gasteiger partial charge on any atom is -0.494 e. The van der Waals surface area contributed by atoms with Crippen LogP contribution in [0.15, 0.2) is 73.0 Å². The molecule has 0 heterocycles. The Bertz CT molecular complexity index is 1020. The summed E-state index contributed by atoms with van der Waals surface area (Å²) in [6.07, 6.45) is 4.56. The number of rotatable bonds is 9. The number of halogens is 3. The zero-order chi connectivity index (χ0) is 24.0. The van der Waals surface area contributed by atoms with Crippen LogP contribution in [-0.2, 0) is 20.8 Å². The second-order valence-electron chi connectivity index (χ2n) is 8.11. The van der Waals surface area contributed by atoms with Gasteiger partial charge in [-0.1, -0.05) is 49.6 Å². The van der Waals surface area contributed by atoms with Crippen LogP contribution in [0, 0.1) is 11.6 Å². The maximum atomic E-state index is 14.9. The third-order valence-electron chi connectivity index (χ3n) is 6.05. The smallest absolute Gasteiger partial charge is 0.168 e. The lowest BCUT2D eigenvalue weighted by molar-refractivity contribution is 0.0655. The van der Waals surface area contributed by atoms with Gasteiger partial charge in [-0.05, 0) is 48.3 Å². The molecule has 0 aliphatic heterocycles. The van der Waals surface area contributed by atoms with E-state index in [4.69, 9.17) is 14.2 Å². The van der Waals surface area contributed by atoms with E-state index in [0.717, 1.165) is 37.3 Å². The molecule has 0 radical (unpaired) electrons. The summed E-state index contributed by atoms with van der Waals surface area (Å²) >= 11 is 0. The van der Waals surface area contributed by atoms with Crippen LogP contribution in [0.1, 0.15) is 42.7 Å². The molecule has 2 aromatic rings. The minimum absolute atomic E-state index is 0.00696. The van der Waals surface area contributed by atoms with Gasteiger partial charge in [-0.2, -0.15) is 0 Å². The molecule has 2 aromatic carbocycles. The Hall–Kier alpha value is -2.99. The van der Waals surface area contributed by atoms with Crippen molar-refractivity contribution in [1.29, 1.82) is 0 Å². The lowest BCUT2D eigenvalue weighted by Crippen LogP contribution is -2.20. The lowest BCUT2D eigenvalue weighted by Gasteiger charge is -2.28. The third kappa shape index (κ3) is 6.08. The van der Waals surface area contributed by atoms with Crippen LogP contribution >= 0.6 is 0 Å². The first-order valence-electron chi connectivity index (χ1n) is 10.9. The zero-order valence-electron chi connectivity index (χ0n) is 19.0. The first-order valence-corrected chi connectivity index (χ1v) is 10.9. The van der Waals surface area contributed by atoms with Crippen LogP contribution in [0.4, 0.5) is 13.2 Å². The molecule has 0 amide bonds. The van der Waals surface area contributed by atoms with E-state index in [0.29, 0.717) is 11.1 Å². The van der Waals surface area contributed by atoms with E-state index in [2.05, 4.69) is 13.2 Å². The van der Waals surface area contributed by atoms with E-state index < -0.39 is 17.5 Å². The predicted molar refractivity (Wildman–Crippen MR) is 123 cm³/mol. The standard InChI is InChI=1S/C27H29F3O3/c1-17(15-25(28)18(2)31-3)33-16-19-5-7-20(8-6-19)23-13-14-24(27(30)26(23)29)21-9-11-22(32-4)12-10-21/h5-8,13-15,21-22H,1-2,9-12,16H2,3-4H3/b25-15+. The summed E-state index contributed by atoms with van der Waals surface area (Å²) in [5, 5.41) is 0. The minimum atomic E-state index is -0.835. The normalized spacial score (nSPS) is 18.6. The lowest BCUT2D eigenvalue weighted by atomic mass is 9.82. The second-order valence-corrected chi connectivity index (χ2v) is 8.11. The monoisotopic (exact) mass is 458 g/mol. The second kappa shape index (κ2) is 11.2. The predicted octanol–water partition coefficient (Wildman–Crippen LogP) is 7.35. The average molecular weight is 459 g/mol. The van der Waals surface area contributed by atoms with Gasteiger partial charge in [-0.3, -0.25) is 0 Å². The molecule has 0 unspecified atom stereocenters. The Morgan fingerprint density at radius 2 is 1.64 bits per heavy atom. The van der Waals surface area contributed by atoms with Gasteiger partial charge in [0.25, 0.3) is 0 Å². The molecule has 3 nitrogen and oxygen atoms in total. The highest BCUT2D eigenvalue weighted by molar-refractivity contribution is 5.65. The van der Waals surface area contributed by atoms with Gasteiger partial charge >= 0.3 is 0 Å². The SMILES string of the molecule is C=C(/C=C(/F)C(=C)OC)OCc1ccc(-c2ccc(C3CCC(OC)CC3)c(F)c2F)cc1. The number of ether oxygens (including phenoxy) is 3. The van der Waals surface area contributed by atoms with Crippen molar-refractivity contribution in [3.8, 4) is 11.1 Å². The fourth-order valence-electron chi connectivity index (χ4n) is 4.03. The van der Waals surface area contributed by atoms with Crippen molar-refractivity contribution in [1.82, 2.24) is 0 Å². The van der Waals surface area contributed by atoms with E-state index in [1.807, 2.05) is 0 Å². The van der Waals surface area contributed by atoms with Crippen molar-refractivity contribution < 1.29 is 27.4 Å². The Balaban J connectivity index is 1.66. The summed E-state index contributed by atoms with van der Waals surface area (Å²) in [6.45, 7) is 7.19. The molecule has 0 saturated heterocycles. The highest BCUT2D eigenvalue weighted by Crippen LogP contribution is 2.37. The van der Waals surface area contributed by atoms with E-state index in [1.165, 1.54) is 7.11 Å². The first kappa shape index (κ1) is 24.6. The molecular weight excluding hydrogens is 429 g/mol. The highest BCUT2D eigenvalue weighted by Gasteiger charge is 2.26. The van der Waals surface area contributed by atoms with Crippen molar-refractivity contribution in [2.45, 2.75) is 44.3 Å². The van der Waals surface area contributed by atoms with Crippen molar-refractivity contribution in [2.24, 2.45) is 0 Å². The Morgan fingerprint density at radius 3 is 2.24 bits per heavy atom. The molecular formula is C27H29F3O3. The van der Waals surface area contributed by atoms with Gasteiger partial charge in [0.2, 0.25) is 0 Å². The first-order chi connectivity index (χ1) is 15.8. The van der Waals surface area contributed by atoms with Gasteiger partial charge in [0.15, 0.2) is 17.5 Å². The molecule has 3 rings (SSSR count). The summed E-state index contributed by atoms with van der Waals surface area (Å²) in [7, 11) is 3.00. The van der Waals surface area contributed by atoms with Crippen LogP contribution in [0.2, 0.25) is 0 Å². The quantitative estimate of drug-likeness (QED) is 0.290. The van der Waals surface area contributed by atoms with Crippen LogP contribution in [-0.4, -0.2) is 20.3 Å². The molecule has 1 aliphatic rings. The molecule has 6 heteroatoms. The van der Waals surface area contributed by atoms with Crippen LogP contribution in [0.5, 0.6) is 0 Å². The number of benzene rings is 2. The summed E-state index contributed by atoms with van der Waals surface area (Å²) in [5.74, 6) is -2.29. The molecule has 1 aliphatic carbocycles. The Labute approximate surface area is 193 Å². The largest absolute Gasteiger partial charge is 0.494 e. The highest BCUT2D eigenvalue weighted by atomic mass is 19.2. The van der Waals surface area contributed by atoms with Crippen LogP contribution in [0.3, 0.4) is 0 Å². The zero-order valence-corrected chi connectivity index (χ0v) is 19.0. The molecule has 33 heavy (non-hydrogen) atoms. The van der Waals surface area contributed by atoms with Gasteiger partial charge in [0, 0.05) is 18.7 Å².